The molecule has 4 rings (SSSR count). The second-order valence-corrected chi connectivity index (χ2v) is 7.31. The Bertz CT molecular complexity index is 677. The highest BCUT2D eigenvalue weighted by atomic mass is 16.3. The lowest BCUT2D eigenvalue weighted by Crippen LogP contribution is -2.20. The molecule has 23 heavy (non-hydrogen) atoms. The number of furan rings is 1. The Morgan fingerprint density at radius 2 is 2.13 bits per heavy atom. The second-order valence-electron chi connectivity index (χ2n) is 7.31. The number of aromatic nitrogens is 2. The van der Waals surface area contributed by atoms with Gasteiger partial charge in [-0.15, -0.1) is 0 Å². The number of hydrogen-bond acceptors (Lipinski definition) is 4. The van der Waals surface area contributed by atoms with Gasteiger partial charge >= 0.3 is 0 Å². The van der Waals surface area contributed by atoms with Crippen molar-refractivity contribution in [3.05, 3.63) is 41.6 Å². The Morgan fingerprint density at radius 1 is 1.30 bits per heavy atom. The van der Waals surface area contributed by atoms with Crippen LogP contribution in [0.3, 0.4) is 0 Å². The average molecular weight is 315 g/mol. The lowest BCUT2D eigenvalue weighted by atomic mass is 9.92. The molecule has 2 fully saturated rings. The fourth-order valence-electron chi connectivity index (χ4n) is 3.90. The van der Waals surface area contributed by atoms with E-state index in [0.717, 1.165) is 37.1 Å². The average Bonchev–Trinajstić information content (AvgIpc) is 2.95. The van der Waals surface area contributed by atoms with Crippen molar-refractivity contribution in [1.82, 2.24) is 14.7 Å². The van der Waals surface area contributed by atoms with E-state index in [9.17, 15) is 5.11 Å². The van der Waals surface area contributed by atoms with Gasteiger partial charge in [0.25, 0.3) is 0 Å². The molecule has 1 aliphatic carbocycles. The fraction of sp³-hybridized carbons (Fsp3) is 0.611. The quantitative estimate of drug-likeness (QED) is 0.920. The van der Waals surface area contributed by atoms with Crippen LogP contribution < -0.4 is 0 Å². The summed E-state index contributed by atoms with van der Waals surface area (Å²) in [6, 6.07) is 4.26. The van der Waals surface area contributed by atoms with Crippen LogP contribution in [0, 0.1) is 11.8 Å². The minimum atomic E-state index is 0.221. The van der Waals surface area contributed by atoms with E-state index in [1.165, 1.54) is 12.0 Å². The topological polar surface area (TPSA) is 54.4 Å². The molecule has 0 radical (unpaired) electrons. The largest absolute Gasteiger partial charge is 0.464 e. The van der Waals surface area contributed by atoms with Gasteiger partial charge in [0.15, 0.2) is 0 Å². The number of rotatable bonds is 5. The van der Waals surface area contributed by atoms with Crippen LogP contribution in [0.15, 0.2) is 28.9 Å². The maximum absolute atomic E-state index is 9.73. The first-order chi connectivity index (χ1) is 11.1. The molecular formula is C18H25N3O2. The van der Waals surface area contributed by atoms with Gasteiger partial charge in [0.2, 0.25) is 0 Å². The number of nitrogens with zero attached hydrogens (tertiary/aromatic N) is 3. The summed E-state index contributed by atoms with van der Waals surface area (Å²) in [5.74, 6) is 4.23. The molecule has 1 saturated carbocycles. The van der Waals surface area contributed by atoms with E-state index < -0.39 is 0 Å². The van der Waals surface area contributed by atoms with Crippen LogP contribution in [0.1, 0.15) is 42.3 Å². The number of aliphatic hydroxyl groups is 1. The van der Waals surface area contributed by atoms with Gasteiger partial charge in [-0.1, -0.05) is 6.92 Å². The van der Waals surface area contributed by atoms with Crippen molar-refractivity contribution in [3.8, 4) is 0 Å². The molecule has 5 nitrogen and oxygen atoms in total. The second kappa shape index (κ2) is 5.80. The number of hydrogen-bond donors (Lipinski definition) is 1. The summed E-state index contributed by atoms with van der Waals surface area (Å²) in [5, 5.41) is 14.0. The third-order valence-electron chi connectivity index (χ3n) is 5.44. The molecule has 124 valence electrons. The predicted molar refractivity (Wildman–Crippen MR) is 87.0 cm³/mol. The molecule has 1 aliphatic heterocycles. The van der Waals surface area contributed by atoms with E-state index in [2.05, 4.69) is 35.3 Å². The van der Waals surface area contributed by atoms with E-state index in [-0.39, 0.29) is 12.5 Å². The highest BCUT2D eigenvalue weighted by Crippen LogP contribution is 2.47. The molecule has 2 aromatic rings. The monoisotopic (exact) mass is 315 g/mol. The van der Waals surface area contributed by atoms with Crippen LogP contribution in [0.5, 0.6) is 0 Å². The van der Waals surface area contributed by atoms with E-state index in [0.29, 0.717) is 11.8 Å². The minimum Gasteiger partial charge on any atom is -0.464 e. The van der Waals surface area contributed by atoms with Crippen molar-refractivity contribution in [1.29, 1.82) is 0 Å². The molecule has 0 spiro atoms. The molecule has 2 unspecified atom stereocenters. The maximum atomic E-state index is 9.73. The number of aliphatic hydroxyl groups excluding tert-OH is 1. The fourth-order valence-corrected chi connectivity index (χ4v) is 3.90. The SMILES string of the molecule is CC1CC1c1ccc(CN2C[C@@H](CO)[C@H](c3cnn(C)c3)C2)o1. The van der Waals surface area contributed by atoms with Crippen LogP contribution in [0.25, 0.3) is 0 Å². The lowest BCUT2D eigenvalue weighted by molar-refractivity contribution is 0.210. The highest BCUT2D eigenvalue weighted by Gasteiger charge is 2.37. The Labute approximate surface area is 136 Å². The van der Waals surface area contributed by atoms with Gasteiger partial charge in [-0.25, -0.2) is 0 Å². The first-order valence-electron chi connectivity index (χ1n) is 8.54. The summed E-state index contributed by atoms with van der Waals surface area (Å²) in [4.78, 5) is 2.39. The molecule has 0 aromatic carbocycles. The standard InChI is InChI=1S/C18H25N3O2/c1-12-5-16(12)18-4-3-15(23-18)9-21-8-14(11-22)17(10-21)13-6-19-20(2)7-13/h3-4,6-7,12,14,16-17,22H,5,8-11H2,1-2H3/t12?,14-,16?,17-/m0/s1. The van der Waals surface area contributed by atoms with Gasteiger partial charge in [0.1, 0.15) is 11.5 Å². The van der Waals surface area contributed by atoms with Gasteiger partial charge in [0, 0.05) is 50.7 Å². The Morgan fingerprint density at radius 3 is 2.78 bits per heavy atom. The number of aryl methyl sites for hydroxylation is 1. The van der Waals surface area contributed by atoms with Crippen LogP contribution in [0.2, 0.25) is 0 Å². The van der Waals surface area contributed by atoms with Crippen molar-refractivity contribution < 1.29 is 9.52 Å². The van der Waals surface area contributed by atoms with Gasteiger partial charge in [-0.2, -0.15) is 5.10 Å². The smallest absolute Gasteiger partial charge is 0.118 e. The highest BCUT2D eigenvalue weighted by molar-refractivity contribution is 5.19. The lowest BCUT2D eigenvalue weighted by Gasteiger charge is -2.13. The maximum Gasteiger partial charge on any atom is 0.118 e. The third-order valence-corrected chi connectivity index (χ3v) is 5.44. The molecular weight excluding hydrogens is 290 g/mol. The van der Waals surface area contributed by atoms with Crippen molar-refractivity contribution >= 4 is 0 Å². The number of likely N-dealkylation sites (tertiary alicyclic amines) is 1. The van der Waals surface area contributed by atoms with Crippen LogP contribution >= 0.6 is 0 Å². The van der Waals surface area contributed by atoms with Gasteiger partial charge in [-0.3, -0.25) is 9.58 Å². The van der Waals surface area contributed by atoms with E-state index in [1.807, 2.05) is 17.9 Å². The molecule has 1 N–H and O–H groups in total. The predicted octanol–water partition coefficient (Wildman–Crippen LogP) is 2.34. The summed E-state index contributed by atoms with van der Waals surface area (Å²) < 4.78 is 7.87. The van der Waals surface area contributed by atoms with Crippen molar-refractivity contribution in [2.24, 2.45) is 18.9 Å². The zero-order valence-electron chi connectivity index (χ0n) is 13.9. The molecule has 1 saturated heterocycles. The normalized spacial score (nSPS) is 30.9. The van der Waals surface area contributed by atoms with Crippen molar-refractivity contribution in [3.63, 3.8) is 0 Å². The van der Waals surface area contributed by atoms with E-state index in [1.54, 1.807) is 0 Å². The zero-order valence-corrected chi connectivity index (χ0v) is 13.9. The van der Waals surface area contributed by atoms with Crippen LogP contribution in [-0.2, 0) is 13.6 Å². The first kappa shape index (κ1) is 15.0. The Kier molecular flexibility index (Phi) is 3.77. The summed E-state index contributed by atoms with van der Waals surface area (Å²) in [6.07, 6.45) is 5.25. The van der Waals surface area contributed by atoms with Crippen molar-refractivity contribution in [2.45, 2.75) is 31.7 Å². The van der Waals surface area contributed by atoms with E-state index >= 15 is 0 Å². The molecule has 2 aliphatic rings. The molecule has 3 heterocycles. The van der Waals surface area contributed by atoms with Gasteiger partial charge in [-0.05, 0) is 30.0 Å². The van der Waals surface area contributed by atoms with Crippen molar-refractivity contribution in [2.75, 3.05) is 19.7 Å². The van der Waals surface area contributed by atoms with Gasteiger partial charge < -0.3 is 9.52 Å². The van der Waals surface area contributed by atoms with Crippen LogP contribution in [-0.4, -0.2) is 39.5 Å². The van der Waals surface area contributed by atoms with Crippen LogP contribution in [0.4, 0.5) is 0 Å². The third kappa shape index (κ3) is 2.95. The summed E-state index contributed by atoms with van der Waals surface area (Å²) in [6.45, 7) is 5.18. The molecule has 5 heteroatoms. The Hall–Kier alpha value is -1.59. The first-order valence-corrected chi connectivity index (χ1v) is 8.54. The van der Waals surface area contributed by atoms with E-state index in [4.69, 9.17) is 4.42 Å². The summed E-state index contributed by atoms with van der Waals surface area (Å²) in [5.41, 5.74) is 1.22. The summed E-state index contributed by atoms with van der Waals surface area (Å²) in [7, 11) is 1.94. The molecule has 0 bridgehead atoms. The molecule has 4 atom stereocenters. The zero-order chi connectivity index (χ0) is 16.0. The molecule has 2 aromatic heterocycles. The Balaban J connectivity index is 1.43. The minimum absolute atomic E-state index is 0.221. The van der Waals surface area contributed by atoms with Gasteiger partial charge in [0.05, 0.1) is 12.7 Å². The molecule has 0 amide bonds. The summed E-state index contributed by atoms with van der Waals surface area (Å²) >= 11 is 0.